The number of unbranched alkanes of at least 4 members (excludes halogenated alkanes) is 18. The second-order valence-corrected chi connectivity index (χ2v) is 22.1. The molecule has 5 aromatic carbocycles. The van der Waals surface area contributed by atoms with E-state index < -0.39 is 42.9 Å². The largest absolute Gasteiger partial charge is 0.445 e. The fourth-order valence-corrected chi connectivity index (χ4v) is 10.3. The number of benzene rings is 5. The molecule has 7 atom stereocenters. The minimum absolute atomic E-state index is 0.0610. The van der Waals surface area contributed by atoms with Crippen LogP contribution in [0.4, 0.5) is 4.79 Å². The third kappa shape index (κ3) is 28.2. The van der Waals surface area contributed by atoms with Crippen molar-refractivity contribution in [2.75, 3.05) is 19.8 Å². The standard InChI is InChI=1S/C71H98N2O10/c1-2-3-4-5-6-7-8-9-10-11-14-17-35-48-64(74)63(73-66(75)49-36-18-15-12-13-16-19-37-50-72-71(76)82-55-62-46-33-24-34-47-62)56-81-70-69(80-54-61-44-31-23-32-45-61)68(79-53-60-42-29-22-30-43-60)67(78-52-59-40-27-21-28-41-59)65(83-70)57-77-51-58-38-25-20-26-39-58/h20-35,38-48,63-65,67-70,74H,2-19,36-37,49-57H2,1H3,(H,72,76)(H,73,75)/b48-35+/t63-,64+,65+,67+,68-,69+,70-/m0/s1. The molecule has 0 radical (unpaired) electrons. The first-order valence-electron chi connectivity index (χ1n) is 31.4. The highest BCUT2D eigenvalue weighted by molar-refractivity contribution is 5.76. The van der Waals surface area contributed by atoms with Crippen molar-refractivity contribution in [3.05, 3.63) is 192 Å². The van der Waals surface area contributed by atoms with Crippen LogP contribution in [-0.4, -0.2) is 79.7 Å². The minimum atomic E-state index is -1.02. The lowest BCUT2D eigenvalue weighted by atomic mass is 9.97. The van der Waals surface area contributed by atoms with Crippen LogP contribution in [0.1, 0.15) is 170 Å². The molecule has 0 aromatic heterocycles. The molecule has 1 fully saturated rings. The zero-order valence-corrected chi connectivity index (χ0v) is 49.8. The lowest BCUT2D eigenvalue weighted by molar-refractivity contribution is -0.329. The monoisotopic (exact) mass is 1140 g/mol. The van der Waals surface area contributed by atoms with Gasteiger partial charge in [0.1, 0.15) is 31.0 Å². The lowest BCUT2D eigenvalue weighted by Gasteiger charge is -2.46. The maximum absolute atomic E-state index is 13.9. The van der Waals surface area contributed by atoms with Gasteiger partial charge < -0.3 is 48.9 Å². The van der Waals surface area contributed by atoms with Crippen molar-refractivity contribution in [3.63, 3.8) is 0 Å². The summed E-state index contributed by atoms with van der Waals surface area (Å²) in [4.78, 5) is 26.0. The van der Waals surface area contributed by atoms with E-state index in [1.54, 1.807) is 0 Å². The van der Waals surface area contributed by atoms with Gasteiger partial charge in [0.2, 0.25) is 5.91 Å². The number of carbonyl (C=O) groups is 2. The molecule has 0 bridgehead atoms. The summed E-state index contributed by atoms with van der Waals surface area (Å²) in [6.07, 6.45) is 21.6. The number of carbonyl (C=O) groups excluding carboxylic acids is 2. The molecule has 1 aliphatic rings. The Bertz CT molecular complexity index is 2420. The van der Waals surface area contributed by atoms with E-state index >= 15 is 0 Å². The SMILES string of the molecule is CCCCCCCCCCCCC/C=C/[C@@H](O)[C@H](CO[C@H]1O[C@H](COCc2ccccc2)[C@@H](OCc2ccccc2)[C@H](OCc2ccccc2)[C@H]1OCc1ccccc1)NC(=O)CCCCCCCCCCNC(=O)OCc1ccccc1. The van der Waals surface area contributed by atoms with Crippen LogP contribution in [0.15, 0.2) is 164 Å². The number of alkyl carbamates (subject to hydrolysis) is 1. The molecule has 5 aromatic rings. The highest BCUT2D eigenvalue weighted by Crippen LogP contribution is 2.32. The highest BCUT2D eigenvalue weighted by atomic mass is 16.7. The minimum Gasteiger partial charge on any atom is -0.445 e. The molecule has 0 saturated carbocycles. The van der Waals surface area contributed by atoms with E-state index in [1.807, 2.05) is 164 Å². The van der Waals surface area contributed by atoms with E-state index in [1.165, 1.54) is 57.8 Å². The summed E-state index contributed by atoms with van der Waals surface area (Å²) in [5.74, 6) is -0.140. The van der Waals surface area contributed by atoms with Crippen LogP contribution in [0.5, 0.6) is 0 Å². The zero-order chi connectivity index (χ0) is 58.0. The van der Waals surface area contributed by atoms with Crippen molar-refractivity contribution >= 4 is 12.0 Å². The van der Waals surface area contributed by atoms with E-state index in [0.29, 0.717) is 26.2 Å². The van der Waals surface area contributed by atoms with E-state index in [-0.39, 0.29) is 45.0 Å². The van der Waals surface area contributed by atoms with E-state index in [9.17, 15) is 14.7 Å². The quantitative estimate of drug-likeness (QED) is 0.0255. The molecule has 3 N–H and O–H groups in total. The fourth-order valence-electron chi connectivity index (χ4n) is 10.3. The normalized spacial score (nSPS) is 17.7. The van der Waals surface area contributed by atoms with Gasteiger partial charge in [-0.25, -0.2) is 4.79 Å². The summed E-state index contributed by atoms with van der Waals surface area (Å²) in [5, 5.41) is 18.0. The molecule has 0 spiro atoms. The Morgan fingerprint density at radius 1 is 0.506 bits per heavy atom. The Morgan fingerprint density at radius 3 is 1.46 bits per heavy atom. The Morgan fingerprint density at radius 2 is 0.940 bits per heavy atom. The number of aliphatic hydroxyl groups is 1. The molecule has 6 rings (SSSR count). The van der Waals surface area contributed by atoms with Crippen LogP contribution >= 0.6 is 0 Å². The van der Waals surface area contributed by atoms with Crippen molar-refractivity contribution in [2.24, 2.45) is 0 Å². The average molecular weight is 1140 g/mol. The first-order chi connectivity index (χ1) is 40.9. The van der Waals surface area contributed by atoms with Gasteiger partial charge in [-0.1, -0.05) is 273 Å². The van der Waals surface area contributed by atoms with Crippen LogP contribution in [0.25, 0.3) is 0 Å². The molecular weight excluding hydrogens is 1040 g/mol. The topological polar surface area (TPSA) is 143 Å². The second-order valence-electron chi connectivity index (χ2n) is 22.1. The van der Waals surface area contributed by atoms with Crippen LogP contribution in [0.2, 0.25) is 0 Å². The third-order valence-electron chi connectivity index (χ3n) is 15.2. The molecule has 12 heteroatoms. The van der Waals surface area contributed by atoms with Crippen molar-refractivity contribution in [2.45, 2.75) is 218 Å². The maximum atomic E-state index is 13.9. The molecule has 12 nitrogen and oxygen atoms in total. The second kappa shape index (κ2) is 42.2. The highest BCUT2D eigenvalue weighted by Gasteiger charge is 2.49. The average Bonchev–Trinajstić information content (AvgIpc) is 3.72. The molecule has 0 aliphatic carbocycles. The molecule has 1 saturated heterocycles. The van der Waals surface area contributed by atoms with Gasteiger partial charge in [-0.15, -0.1) is 0 Å². The zero-order valence-electron chi connectivity index (χ0n) is 49.8. The number of aliphatic hydroxyl groups excluding tert-OH is 1. The van der Waals surface area contributed by atoms with E-state index in [0.717, 1.165) is 98.4 Å². The van der Waals surface area contributed by atoms with Crippen LogP contribution in [-0.2, 0) is 71.0 Å². The Labute approximate surface area is 497 Å². The summed E-state index contributed by atoms with van der Waals surface area (Å²) in [7, 11) is 0. The lowest BCUT2D eigenvalue weighted by Crippen LogP contribution is -2.62. The van der Waals surface area contributed by atoms with Gasteiger partial charge in [0.25, 0.3) is 0 Å². The van der Waals surface area contributed by atoms with Gasteiger partial charge in [0, 0.05) is 13.0 Å². The first kappa shape index (κ1) is 66.4. The number of rotatable bonds is 44. The Balaban J connectivity index is 1.09. The van der Waals surface area contributed by atoms with E-state index in [2.05, 4.69) is 17.6 Å². The molecule has 1 heterocycles. The Kier molecular flexibility index (Phi) is 33.7. The van der Waals surface area contributed by atoms with Crippen LogP contribution < -0.4 is 10.6 Å². The Hall–Kier alpha value is -5.70. The molecule has 2 amide bonds. The van der Waals surface area contributed by atoms with Gasteiger partial charge in [0.05, 0.1) is 51.8 Å². The predicted octanol–water partition coefficient (Wildman–Crippen LogP) is 15.2. The van der Waals surface area contributed by atoms with Crippen molar-refractivity contribution < 1.29 is 47.9 Å². The fraction of sp³-hybridized carbons (Fsp3) is 0.521. The van der Waals surface area contributed by atoms with Crippen molar-refractivity contribution in [1.82, 2.24) is 10.6 Å². The predicted molar refractivity (Wildman–Crippen MR) is 330 cm³/mol. The number of hydrogen-bond acceptors (Lipinski definition) is 10. The number of hydrogen-bond donors (Lipinski definition) is 3. The number of amides is 2. The first-order valence-corrected chi connectivity index (χ1v) is 31.4. The smallest absolute Gasteiger partial charge is 0.407 e. The number of nitrogens with one attached hydrogen (secondary N) is 2. The van der Waals surface area contributed by atoms with Gasteiger partial charge in [-0.2, -0.15) is 0 Å². The van der Waals surface area contributed by atoms with Crippen LogP contribution in [0.3, 0.4) is 0 Å². The summed E-state index contributed by atoms with van der Waals surface area (Å²) < 4.78 is 46.3. The number of ether oxygens (including phenoxy) is 7. The summed E-state index contributed by atoms with van der Waals surface area (Å²) in [5.41, 5.74) is 4.95. The summed E-state index contributed by atoms with van der Waals surface area (Å²) in [6.45, 7) is 4.41. The molecular formula is C71H98N2O10. The molecule has 452 valence electrons. The van der Waals surface area contributed by atoms with Crippen LogP contribution in [0, 0.1) is 0 Å². The molecule has 83 heavy (non-hydrogen) atoms. The summed E-state index contributed by atoms with van der Waals surface area (Å²) >= 11 is 0. The summed E-state index contributed by atoms with van der Waals surface area (Å²) in [6, 6.07) is 49.0. The van der Waals surface area contributed by atoms with Gasteiger partial charge in [-0.3, -0.25) is 4.79 Å². The molecule has 1 aliphatic heterocycles. The molecule has 0 unspecified atom stereocenters. The number of allylic oxidation sites excluding steroid dienone is 1. The maximum Gasteiger partial charge on any atom is 0.407 e. The van der Waals surface area contributed by atoms with Gasteiger partial charge in [-0.05, 0) is 53.5 Å². The van der Waals surface area contributed by atoms with Crippen molar-refractivity contribution in [1.29, 1.82) is 0 Å². The van der Waals surface area contributed by atoms with Crippen molar-refractivity contribution in [3.8, 4) is 0 Å². The van der Waals surface area contributed by atoms with Gasteiger partial charge in [0.15, 0.2) is 6.29 Å². The van der Waals surface area contributed by atoms with E-state index in [4.69, 9.17) is 33.2 Å². The van der Waals surface area contributed by atoms with Gasteiger partial charge >= 0.3 is 6.09 Å². The third-order valence-corrected chi connectivity index (χ3v) is 15.2.